The van der Waals surface area contributed by atoms with Gasteiger partial charge in [0.2, 0.25) is 5.91 Å². The van der Waals surface area contributed by atoms with Gasteiger partial charge in [0.1, 0.15) is 0 Å². The van der Waals surface area contributed by atoms with E-state index in [2.05, 4.69) is 15.9 Å². The number of carbonyl (C=O) groups excluding carboxylic acids is 2. The van der Waals surface area contributed by atoms with E-state index in [1.807, 2.05) is 5.32 Å². The lowest BCUT2D eigenvalue weighted by atomic mass is 10.1. The van der Waals surface area contributed by atoms with Gasteiger partial charge in [0.25, 0.3) is 5.91 Å². The molecule has 1 aromatic carbocycles. The van der Waals surface area contributed by atoms with Gasteiger partial charge in [-0.2, -0.15) is 13.2 Å². The molecule has 92 valence electrons. The number of benzene rings is 1. The molecule has 1 rings (SSSR count). The van der Waals surface area contributed by atoms with E-state index in [0.29, 0.717) is 6.07 Å². The second-order valence-electron chi connectivity index (χ2n) is 3.20. The van der Waals surface area contributed by atoms with Crippen LogP contribution < -0.4 is 5.32 Å². The summed E-state index contributed by atoms with van der Waals surface area (Å²) >= 11 is 2.75. The Morgan fingerprint density at radius 2 is 1.88 bits per heavy atom. The topological polar surface area (TPSA) is 46.2 Å². The van der Waals surface area contributed by atoms with E-state index in [-0.39, 0.29) is 10.0 Å². The summed E-state index contributed by atoms with van der Waals surface area (Å²) in [5.41, 5.74) is -1.19. The monoisotopic (exact) mass is 309 g/mol. The van der Waals surface area contributed by atoms with E-state index < -0.39 is 23.6 Å². The van der Waals surface area contributed by atoms with Crippen LogP contribution in [0.4, 0.5) is 13.2 Å². The maximum absolute atomic E-state index is 12.5. The highest BCUT2D eigenvalue weighted by molar-refractivity contribution is 9.10. The molecule has 0 spiro atoms. The van der Waals surface area contributed by atoms with Gasteiger partial charge in [-0.05, 0) is 18.2 Å². The number of carbonyl (C=O) groups is 2. The third kappa shape index (κ3) is 3.55. The van der Waals surface area contributed by atoms with Crippen molar-refractivity contribution < 1.29 is 22.8 Å². The molecule has 0 aliphatic rings. The Morgan fingerprint density at radius 3 is 2.35 bits per heavy atom. The number of amides is 2. The second kappa shape index (κ2) is 4.87. The largest absolute Gasteiger partial charge is 0.417 e. The van der Waals surface area contributed by atoms with Crippen LogP contribution in [0.1, 0.15) is 22.8 Å². The first-order valence-corrected chi connectivity index (χ1v) is 5.20. The minimum Gasteiger partial charge on any atom is -0.293 e. The van der Waals surface area contributed by atoms with Gasteiger partial charge >= 0.3 is 6.18 Å². The van der Waals surface area contributed by atoms with Crippen LogP contribution in [0.3, 0.4) is 0 Å². The van der Waals surface area contributed by atoms with Crippen LogP contribution in [0.25, 0.3) is 0 Å². The third-order valence-corrected chi connectivity index (χ3v) is 2.52. The zero-order valence-corrected chi connectivity index (χ0v) is 10.1. The van der Waals surface area contributed by atoms with Crippen molar-refractivity contribution in [2.24, 2.45) is 0 Å². The smallest absolute Gasteiger partial charge is 0.293 e. The molecule has 0 saturated carbocycles. The summed E-state index contributed by atoms with van der Waals surface area (Å²) in [6.45, 7) is 1.10. The Labute approximate surface area is 103 Å². The van der Waals surface area contributed by atoms with Crippen molar-refractivity contribution in [1.82, 2.24) is 5.32 Å². The van der Waals surface area contributed by atoms with Crippen molar-refractivity contribution in [3.8, 4) is 0 Å². The molecule has 0 aromatic heterocycles. The Bertz CT molecular complexity index is 471. The normalized spacial score (nSPS) is 11.1. The number of alkyl halides is 3. The molecule has 3 nitrogen and oxygen atoms in total. The van der Waals surface area contributed by atoms with Crippen molar-refractivity contribution >= 4 is 27.7 Å². The minimum atomic E-state index is -4.56. The predicted molar refractivity (Wildman–Crippen MR) is 57.3 cm³/mol. The van der Waals surface area contributed by atoms with Crippen molar-refractivity contribution in [2.45, 2.75) is 13.1 Å². The van der Waals surface area contributed by atoms with Crippen molar-refractivity contribution in [3.05, 3.63) is 33.8 Å². The molecular formula is C10H7BrF3NO2. The lowest BCUT2D eigenvalue weighted by Gasteiger charge is -2.10. The molecule has 0 radical (unpaired) electrons. The molecule has 7 heteroatoms. The Hall–Kier alpha value is -1.37. The SMILES string of the molecule is CC(=O)NC(=O)c1ccc(Br)c(C(F)(F)F)c1. The molecule has 0 fully saturated rings. The van der Waals surface area contributed by atoms with Gasteiger partial charge in [-0.1, -0.05) is 15.9 Å². The van der Waals surface area contributed by atoms with Crippen molar-refractivity contribution in [2.75, 3.05) is 0 Å². The molecule has 0 bridgehead atoms. The van der Waals surface area contributed by atoms with E-state index in [9.17, 15) is 22.8 Å². The zero-order valence-electron chi connectivity index (χ0n) is 8.56. The maximum Gasteiger partial charge on any atom is 0.417 e. The molecule has 0 unspecified atom stereocenters. The average Bonchev–Trinajstić information content (AvgIpc) is 2.15. The molecule has 17 heavy (non-hydrogen) atoms. The fourth-order valence-corrected chi connectivity index (χ4v) is 1.59. The molecule has 0 saturated heterocycles. The van der Waals surface area contributed by atoms with E-state index >= 15 is 0 Å². The molecule has 1 N–H and O–H groups in total. The standard InChI is InChI=1S/C10H7BrF3NO2/c1-5(16)15-9(17)6-2-3-8(11)7(4-6)10(12,13)14/h2-4H,1H3,(H,15,16,17). The lowest BCUT2D eigenvalue weighted by Crippen LogP contribution is -2.28. The molecule has 1 aromatic rings. The average molecular weight is 310 g/mol. The molecule has 0 aliphatic carbocycles. The summed E-state index contributed by atoms with van der Waals surface area (Å²) in [5, 5.41) is 1.90. The van der Waals surface area contributed by atoms with Gasteiger partial charge in [-0.3, -0.25) is 14.9 Å². The predicted octanol–water partition coefficient (Wildman–Crippen LogP) is 2.74. The Balaban J connectivity index is 3.13. The van der Waals surface area contributed by atoms with Crippen LogP contribution in [0.15, 0.2) is 22.7 Å². The molecular weight excluding hydrogens is 303 g/mol. The Morgan fingerprint density at radius 1 is 1.29 bits per heavy atom. The van der Waals surface area contributed by atoms with Gasteiger partial charge in [-0.15, -0.1) is 0 Å². The van der Waals surface area contributed by atoms with Crippen LogP contribution in [-0.2, 0) is 11.0 Å². The molecule has 0 heterocycles. The van der Waals surface area contributed by atoms with Crippen LogP contribution in [-0.4, -0.2) is 11.8 Å². The highest BCUT2D eigenvalue weighted by Crippen LogP contribution is 2.35. The van der Waals surface area contributed by atoms with Gasteiger partial charge in [-0.25, -0.2) is 0 Å². The van der Waals surface area contributed by atoms with Crippen LogP contribution >= 0.6 is 15.9 Å². The second-order valence-corrected chi connectivity index (χ2v) is 4.06. The summed E-state index contributed by atoms with van der Waals surface area (Å²) in [6, 6.07) is 2.98. The number of hydrogen-bond acceptors (Lipinski definition) is 2. The van der Waals surface area contributed by atoms with Crippen molar-refractivity contribution in [3.63, 3.8) is 0 Å². The van der Waals surface area contributed by atoms with E-state index in [1.165, 1.54) is 6.07 Å². The summed E-state index contributed by atoms with van der Waals surface area (Å²) < 4.78 is 37.4. The number of rotatable bonds is 1. The van der Waals surface area contributed by atoms with E-state index in [4.69, 9.17) is 0 Å². The first kappa shape index (κ1) is 13.7. The fourth-order valence-electron chi connectivity index (χ4n) is 1.12. The molecule has 0 aliphatic heterocycles. The highest BCUT2D eigenvalue weighted by atomic mass is 79.9. The summed E-state index contributed by atoms with van der Waals surface area (Å²) in [4.78, 5) is 21.9. The van der Waals surface area contributed by atoms with Gasteiger partial charge < -0.3 is 0 Å². The first-order chi connectivity index (χ1) is 7.71. The van der Waals surface area contributed by atoms with Crippen LogP contribution in [0.5, 0.6) is 0 Å². The quantitative estimate of drug-likeness (QED) is 0.867. The van der Waals surface area contributed by atoms with Gasteiger partial charge in [0.05, 0.1) is 5.56 Å². The number of nitrogens with one attached hydrogen (secondary N) is 1. The molecule has 2 amide bonds. The van der Waals surface area contributed by atoms with Gasteiger partial charge in [0.15, 0.2) is 0 Å². The highest BCUT2D eigenvalue weighted by Gasteiger charge is 2.33. The fraction of sp³-hybridized carbons (Fsp3) is 0.200. The summed E-state index contributed by atoms with van der Waals surface area (Å²) in [5.74, 6) is -1.50. The summed E-state index contributed by atoms with van der Waals surface area (Å²) in [6.07, 6.45) is -4.56. The first-order valence-electron chi connectivity index (χ1n) is 4.40. The zero-order chi connectivity index (χ0) is 13.2. The summed E-state index contributed by atoms with van der Waals surface area (Å²) in [7, 11) is 0. The maximum atomic E-state index is 12.5. The van der Waals surface area contributed by atoms with Crippen LogP contribution in [0.2, 0.25) is 0 Å². The van der Waals surface area contributed by atoms with Crippen LogP contribution in [0, 0.1) is 0 Å². The Kier molecular flexibility index (Phi) is 3.92. The van der Waals surface area contributed by atoms with Crippen molar-refractivity contribution in [1.29, 1.82) is 0 Å². The molecule has 0 atom stereocenters. The minimum absolute atomic E-state index is 0.163. The number of imide groups is 1. The number of hydrogen-bond donors (Lipinski definition) is 1. The van der Waals surface area contributed by atoms with E-state index in [1.54, 1.807) is 0 Å². The third-order valence-electron chi connectivity index (χ3n) is 1.82. The lowest BCUT2D eigenvalue weighted by molar-refractivity contribution is -0.138. The number of halogens is 4. The van der Waals surface area contributed by atoms with E-state index in [0.717, 1.165) is 13.0 Å². The van der Waals surface area contributed by atoms with Gasteiger partial charge in [0, 0.05) is 17.0 Å².